The lowest BCUT2D eigenvalue weighted by Gasteiger charge is -2.41. The van der Waals surface area contributed by atoms with Gasteiger partial charge in [-0.15, -0.1) is 0 Å². The van der Waals surface area contributed by atoms with Crippen LogP contribution >= 0.6 is 0 Å². The van der Waals surface area contributed by atoms with Gasteiger partial charge in [-0.05, 0) is 66.3 Å². The van der Waals surface area contributed by atoms with Gasteiger partial charge in [0.05, 0.1) is 5.41 Å². The molecule has 1 aliphatic rings. The lowest BCUT2D eigenvalue weighted by Crippen LogP contribution is -2.50. The summed E-state index contributed by atoms with van der Waals surface area (Å²) in [6, 6.07) is 19.8. The largest absolute Gasteiger partial charge is 0.359 e. The van der Waals surface area contributed by atoms with Crippen molar-refractivity contribution >= 4 is 11.8 Å². The molecular formula is C27H26F2N2O2. The van der Waals surface area contributed by atoms with Gasteiger partial charge in [-0.1, -0.05) is 42.5 Å². The van der Waals surface area contributed by atoms with Gasteiger partial charge in [-0.25, -0.2) is 8.78 Å². The zero-order valence-electron chi connectivity index (χ0n) is 18.5. The average Bonchev–Trinajstić information content (AvgIpc) is 2.84. The second-order valence-corrected chi connectivity index (χ2v) is 8.51. The van der Waals surface area contributed by atoms with Crippen LogP contribution in [0.2, 0.25) is 0 Å². The normalized spacial score (nSPS) is 15.2. The number of carbonyl (C=O) groups excluding carboxylic acids is 2. The number of hydrogen-bond donors (Lipinski definition) is 1. The minimum atomic E-state index is -0.698. The van der Waals surface area contributed by atoms with E-state index >= 15 is 0 Å². The molecule has 0 bridgehead atoms. The van der Waals surface area contributed by atoms with Gasteiger partial charge in [0, 0.05) is 25.7 Å². The van der Waals surface area contributed by atoms with Crippen LogP contribution in [-0.2, 0) is 11.2 Å². The highest BCUT2D eigenvalue weighted by molar-refractivity contribution is 5.94. The molecule has 0 aliphatic carbocycles. The zero-order valence-corrected chi connectivity index (χ0v) is 18.5. The van der Waals surface area contributed by atoms with Gasteiger partial charge in [0.25, 0.3) is 5.91 Å². The molecule has 0 radical (unpaired) electrons. The fourth-order valence-electron chi connectivity index (χ4n) is 4.67. The van der Waals surface area contributed by atoms with Crippen molar-refractivity contribution < 1.29 is 18.4 Å². The molecule has 33 heavy (non-hydrogen) atoms. The fraction of sp³-hybridized carbons (Fsp3) is 0.259. The number of hydrogen-bond acceptors (Lipinski definition) is 2. The quantitative estimate of drug-likeness (QED) is 0.607. The lowest BCUT2D eigenvalue weighted by atomic mass is 9.72. The van der Waals surface area contributed by atoms with E-state index in [0.717, 1.165) is 16.7 Å². The van der Waals surface area contributed by atoms with E-state index in [4.69, 9.17) is 0 Å². The number of halogens is 2. The van der Waals surface area contributed by atoms with Crippen LogP contribution in [0.25, 0.3) is 11.1 Å². The summed E-state index contributed by atoms with van der Waals surface area (Å²) in [6.07, 6.45) is 1.43. The van der Waals surface area contributed by atoms with Crippen LogP contribution in [0.15, 0.2) is 72.8 Å². The molecule has 1 fully saturated rings. The lowest BCUT2D eigenvalue weighted by molar-refractivity contribution is -0.133. The van der Waals surface area contributed by atoms with Crippen LogP contribution in [0, 0.1) is 17.0 Å². The number of nitrogens with one attached hydrogen (secondary N) is 1. The molecule has 3 aromatic carbocycles. The standard InChI is InChI=1S/C27H26F2N2O2/c1-30-26(33)27(12-14-31(15-13-27)25(32)20-8-5-10-23(29)17-20)18-21-6-2-3-11-24(21)19-7-4-9-22(28)16-19/h2-11,16-17H,12-15,18H2,1H3,(H,30,33). The van der Waals surface area contributed by atoms with Crippen LogP contribution in [0.5, 0.6) is 0 Å². The van der Waals surface area contributed by atoms with E-state index in [1.165, 1.54) is 30.3 Å². The molecule has 1 heterocycles. The summed E-state index contributed by atoms with van der Waals surface area (Å²) in [5.41, 5.74) is 2.21. The SMILES string of the molecule is CNC(=O)C1(Cc2ccccc2-c2cccc(F)c2)CCN(C(=O)c2cccc(F)c2)CC1. The Bertz CT molecular complexity index is 1170. The molecule has 0 aromatic heterocycles. The molecule has 1 saturated heterocycles. The summed E-state index contributed by atoms with van der Waals surface area (Å²) in [5.74, 6) is -1.08. The third-order valence-corrected chi connectivity index (χ3v) is 6.47. The smallest absolute Gasteiger partial charge is 0.253 e. The second kappa shape index (κ2) is 9.53. The number of benzene rings is 3. The molecule has 0 spiro atoms. The Morgan fingerprint density at radius 1 is 0.909 bits per heavy atom. The maximum Gasteiger partial charge on any atom is 0.253 e. The van der Waals surface area contributed by atoms with E-state index in [-0.39, 0.29) is 17.6 Å². The van der Waals surface area contributed by atoms with Gasteiger partial charge in [0.1, 0.15) is 11.6 Å². The van der Waals surface area contributed by atoms with Gasteiger partial charge < -0.3 is 10.2 Å². The first kappa shape index (κ1) is 22.6. The molecule has 2 amide bonds. The maximum absolute atomic E-state index is 13.9. The molecule has 1 aliphatic heterocycles. The Morgan fingerprint density at radius 2 is 1.58 bits per heavy atom. The second-order valence-electron chi connectivity index (χ2n) is 8.51. The van der Waals surface area contributed by atoms with Crippen molar-refractivity contribution in [1.82, 2.24) is 10.2 Å². The zero-order chi connectivity index (χ0) is 23.4. The number of rotatable bonds is 5. The van der Waals surface area contributed by atoms with Gasteiger partial charge in [0.15, 0.2) is 0 Å². The molecule has 3 aromatic rings. The van der Waals surface area contributed by atoms with Crippen LogP contribution < -0.4 is 5.32 Å². The van der Waals surface area contributed by atoms with E-state index in [9.17, 15) is 18.4 Å². The van der Waals surface area contributed by atoms with Crippen molar-refractivity contribution in [1.29, 1.82) is 0 Å². The third-order valence-electron chi connectivity index (χ3n) is 6.47. The molecule has 6 heteroatoms. The van der Waals surface area contributed by atoms with Crippen molar-refractivity contribution in [2.45, 2.75) is 19.3 Å². The summed E-state index contributed by atoms with van der Waals surface area (Å²) in [5, 5.41) is 2.80. The Labute approximate surface area is 192 Å². The number of likely N-dealkylation sites (tertiary alicyclic amines) is 1. The summed E-state index contributed by atoms with van der Waals surface area (Å²) in [7, 11) is 1.62. The van der Waals surface area contributed by atoms with Crippen molar-refractivity contribution in [2.24, 2.45) is 5.41 Å². The summed E-state index contributed by atoms with van der Waals surface area (Å²) >= 11 is 0. The van der Waals surface area contributed by atoms with Crippen molar-refractivity contribution in [3.63, 3.8) is 0 Å². The predicted octanol–water partition coefficient (Wildman–Crippen LogP) is 4.84. The van der Waals surface area contributed by atoms with E-state index < -0.39 is 11.2 Å². The van der Waals surface area contributed by atoms with Crippen LogP contribution in [-0.4, -0.2) is 36.9 Å². The molecule has 1 N–H and O–H groups in total. The van der Waals surface area contributed by atoms with Crippen molar-refractivity contribution in [3.8, 4) is 11.1 Å². The number of amides is 2. The Kier molecular flexibility index (Phi) is 6.54. The third kappa shape index (κ3) is 4.80. The predicted molar refractivity (Wildman–Crippen MR) is 124 cm³/mol. The molecule has 0 unspecified atom stereocenters. The molecule has 0 saturated carbocycles. The number of nitrogens with zero attached hydrogens (tertiary/aromatic N) is 1. The van der Waals surface area contributed by atoms with E-state index in [1.54, 1.807) is 24.1 Å². The number of piperidine rings is 1. The summed E-state index contributed by atoms with van der Waals surface area (Å²) in [4.78, 5) is 27.6. The highest BCUT2D eigenvalue weighted by Gasteiger charge is 2.42. The summed E-state index contributed by atoms with van der Waals surface area (Å²) < 4.78 is 27.4. The first-order chi connectivity index (χ1) is 15.9. The number of carbonyl (C=O) groups is 2. The maximum atomic E-state index is 13.9. The fourth-order valence-corrected chi connectivity index (χ4v) is 4.67. The molecule has 4 rings (SSSR count). The van der Waals surface area contributed by atoms with Crippen LogP contribution in [0.4, 0.5) is 8.78 Å². The van der Waals surface area contributed by atoms with Crippen LogP contribution in [0.3, 0.4) is 0 Å². The van der Waals surface area contributed by atoms with Crippen molar-refractivity contribution in [3.05, 3.63) is 95.6 Å². The topological polar surface area (TPSA) is 49.4 Å². The summed E-state index contributed by atoms with van der Waals surface area (Å²) in [6.45, 7) is 0.787. The monoisotopic (exact) mass is 448 g/mol. The van der Waals surface area contributed by atoms with E-state index in [0.29, 0.717) is 37.9 Å². The molecule has 4 nitrogen and oxygen atoms in total. The van der Waals surface area contributed by atoms with Crippen LogP contribution in [0.1, 0.15) is 28.8 Å². The minimum absolute atomic E-state index is 0.0746. The van der Waals surface area contributed by atoms with Gasteiger partial charge in [-0.2, -0.15) is 0 Å². The van der Waals surface area contributed by atoms with Gasteiger partial charge >= 0.3 is 0 Å². The van der Waals surface area contributed by atoms with Gasteiger partial charge in [0.2, 0.25) is 5.91 Å². The first-order valence-corrected chi connectivity index (χ1v) is 11.0. The average molecular weight is 449 g/mol. The highest BCUT2D eigenvalue weighted by atomic mass is 19.1. The minimum Gasteiger partial charge on any atom is -0.359 e. The molecule has 170 valence electrons. The van der Waals surface area contributed by atoms with Crippen molar-refractivity contribution in [2.75, 3.05) is 20.1 Å². The van der Waals surface area contributed by atoms with E-state index in [2.05, 4.69) is 5.32 Å². The molecule has 0 atom stereocenters. The Morgan fingerprint density at radius 3 is 2.24 bits per heavy atom. The Balaban J connectivity index is 1.58. The highest BCUT2D eigenvalue weighted by Crippen LogP contribution is 2.38. The molecular weight excluding hydrogens is 422 g/mol. The Hall–Kier alpha value is -3.54. The first-order valence-electron chi connectivity index (χ1n) is 11.0. The van der Waals surface area contributed by atoms with E-state index in [1.807, 2.05) is 30.3 Å². The van der Waals surface area contributed by atoms with Gasteiger partial charge in [-0.3, -0.25) is 9.59 Å².